The molecule has 0 saturated carbocycles. The number of ether oxygens (including phenoxy) is 1. The first-order chi connectivity index (χ1) is 17.3. The van der Waals surface area contributed by atoms with Gasteiger partial charge in [-0.3, -0.25) is 9.78 Å². The summed E-state index contributed by atoms with van der Waals surface area (Å²) in [6, 6.07) is 17.3. The number of rotatable bonds is 9. The van der Waals surface area contributed by atoms with E-state index in [2.05, 4.69) is 94.3 Å². The molecule has 0 bridgehead atoms. The van der Waals surface area contributed by atoms with Crippen molar-refractivity contribution in [3.63, 3.8) is 0 Å². The number of carbonyl (C=O) groups is 1. The van der Waals surface area contributed by atoms with Gasteiger partial charge in [0.15, 0.2) is 0 Å². The SMILES string of the molecule is CCCC(C(=O)OCC)C(c1ccc(C(C)C)cc1)c1c[nH]c2cnc(-c3c(C)cccc3C)cc12. The van der Waals surface area contributed by atoms with E-state index in [0.717, 1.165) is 40.6 Å². The fourth-order valence-corrected chi connectivity index (χ4v) is 5.35. The van der Waals surface area contributed by atoms with Crippen molar-refractivity contribution in [1.82, 2.24) is 9.97 Å². The Morgan fingerprint density at radius 3 is 2.28 bits per heavy atom. The van der Waals surface area contributed by atoms with Crippen LogP contribution in [-0.4, -0.2) is 22.5 Å². The molecule has 188 valence electrons. The first-order valence-electron chi connectivity index (χ1n) is 13.2. The molecular weight excluding hydrogens is 444 g/mol. The lowest BCUT2D eigenvalue weighted by Gasteiger charge is -2.26. The van der Waals surface area contributed by atoms with Crippen LogP contribution >= 0.6 is 0 Å². The van der Waals surface area contributed by atoms with Crippen LogP contribution in [0.4, 0.5) is 0 Å². The third-order valence-corrected chi connectivity index (χ3v) is 7.22. The first kappa shape index (κ1) is 25.7. The fraction of sp³-hybridized carbons (Fsp3) is 0.375. The molecule has 36 heavy (non-hydrogen) atoms. The Balaban J connectivity index is 1.91. The topological polar surface area (TPSA) is 55.0 Å². The van der Waals surface area contributed by atoms with Gasteiger partial charge in [-0.1, -0.05) is 69.7 Å². The zero-order chi connectivity index (χ0) is 25.8. The number of H-pyrrole nitrogens is 1. The number of esters is 1. The van der Waals surface area contributed by atoms with E-state index in [0.29, 0.717) is 12.5 Å². The Morgan fingerprint density at radius 1 is 1.00 bits per heavy atom. The van der Waals surface area contributed by atoms with Crippen molar-refractivity contribution in [1.29, 1.82) is 0 Å². The Bertz CT molecular complexity index is 1310. The van der Waals surface area contributed by atoms with Crippen LogP contribution in [0.3, 0.4) is 0 Å². The highest BCUT2D eigenvalue weighted by Crippen LogP contribution is 2.40. The lowest BCUT2D eigenvalue weighted by Crippen LogP contribution is -2.25. The summed E-state index contributed by atoms with van der Waals surface area (Å²) < 4.78 is 5.59. The molecule has 0 amide bonds. The first-order valence-corrected chi connectivity index (χ1v) is 13.2. The Kier molecular flexibility index (Phi) is 7.93. The van der Waals surface area contributed by atoms with Crippen LogP contribution in [0.2, 0.25) is 0 Å². The van der Waals surface area contributed by atoms with Gasteiger partial charge in [0.2, 0.25) is 0 Å². The van der Waals surface area contributed by atoms with E-state index < -0.39 is 0 Å². The lowest BCUT2D eigenvalue weighted by molar-refractivity contribution is -0.148. The summed E-state index contributed by atoms with van der Waals surface area (Å²) in [4.78, 5) is 21.5. The Labute approximate surface area is 215 Å². The number of aryl methyl sites for hydroxylation is 2. The summed E-state index contributed by atoms with van der Waals surface area (Å²) >= 11 is 0. The van der Waals surface area contributed by atoms with Crippen molar-refractivity contribution in [3.05, 3.63) is 88.7 Å². The Hall–Kier alpha value is -3.40. The monoisotopic (exact) mass is 482 g/mol. The summed E-state index contributed by atoms with van der Waals surface area (Å²) in [5.74, 6) is -0.0634. The normalized spacial score (nSPS) is 13.2. The van der Waals surface area contributed by atoms with Gasteiger partial charge in [0.05, 0.1) is 29.9 Å². The molecule has 2 aromatic heterocycles. The van der Waals surface area contributed by atoms with Crippen molar-refractivity contribution >= 4 is 16.9 Å². The van der Waals surface area contributed by atoms with Crippen LogP contribution in [0.15, 0.2) is 60.9 Å². The molecular formula is C32H38N2O2. The molecule has 0 fully saturated rings. The largest absolute Gasteiger partial charge is 0.466 e. The number of nitrogens with one attached hydrogen (secondary N) is 1. The van der Waals surface area contributed by atoms with Crippen molar-refractivity contribution in [2.24, 2.45) is 5.92 Å². The molecule has 0 saturated heterocycles. The summed E-state index contributed by atoms with van der Waals surface area (Å²) in [7, 11) is 0. The van der Waals surface area contributed by atoms with E-state index in [9.17, 15) is 4.79 Å². The van der Waals surface area contributed by atoms with Gasteiger partial charge in [0.25, 0.3) is 0 Å². The highest BCUT2D eigenvalue weighted by atomic mass is 16.5. The van der Waals surface area contributed by atoms with Crippen LogP contribution in [0.5, 0.6) is 0 Å². The van der Waals surface area contributed by atoms with Gasteiger partial charge in [-0.05, 0) is 67.0 Å². The molecule has 0 aliphatic heterocycles. The maximum Gasteiger partial charge on any atom is 0.309 e. The molecule has 0 aliphatic rings. The third kappa shape index (κ3) is 5.09. The van der Waals surface area contributed by atoms with Crippen LogP contribution in [0.1, 0.15) is 80.2 Å². The number of benzene rings is 2. The minimum Gasteiger partial charge on any atom is -0.466 e. The van der Waals surface area contributed by atoms with Crippen molar-refractivity contribution in [2.45, 2.75) is 66.2 Å². The lowest BCUT2D eigenvalue weighted by atomic mass is 9.78. The molecule has 1 N–H and O–H groups in total. The summed E-state index contributed by atoms with van der Waals surface area (Å²) in [6.45, 7) is 13.0. The van der Waals surface area contributed by atoms with Gasteiger partial charge in [-0.15, -0.1) is 0 Å². The molecule has 4 heteroatoms. The molecule has 2 heterocycles. The van der Waals surface area contributed by atoms with Crippen LogP contribution in [-0.2, 0) is 9.53 Å². The molecule has 2 atom stereocenters. The number of carbonyl (C=O) groups excluding carboxylic acids is 1. The van der Waals surface area contributed by atoms with Crippen molar-refractivity contribution in [3.8, 4) is 11.3 Å². The molecule has 4 rings (SSSR count). The number of hydrogen-bond acceptors (Lipinski definition) is 3. The van der Waals surface area contributed by atoms with Crippen molar-refractivity contribution in [2.75, 3.05) is 6.61 Å². The van der Waals surface area contributed by atoms with Gasteiger partial charge >= 0.3 is 5.97 Å². The summed E-state index contributed by atoms with van der Waals surface area (Å²) in [5, 5.41) is 1.10. The predicted molar refractivity (Wildman–Crippen MR) is 148 cm³/mol. The number of fused-ring (bicyclic) bond motifs is 1. The average Bonchev–Trinajstić information content (AvgIpc) is 3.27. The van der Waals surface area contributed by atoms with Crippen LogP contribution < -0.4 is 0 Å². The minimum atomic E-state index is -0.268. The maximum absolute atomic E-state index is 13.3. The molecule has 0 aliphatic carbocycles. The van der Waals surface area contributed by atoms with Gasteiger partial charge in [0.1, 0.15) is 0 Å². The van der Waals surface area contributed by atoms with E-state index >= 15 is 0 Å². The standard InChI is InChI=1S/C32H38N2O2/c1-7-10-25(32(35)36-8-2)31(24-15-13-23(14-16-24)20(3)4)27-18-33-29-19-34-28(17-26(27)29)30-21(5)11-9-12-22(30)6/h9,11-20,25,31,33H,7-8,10H2,1-6H3. The molecule has 0 spiro atoms. The smallest absolute Gasteiger partial charge is 0.309 e. The molecule has 0 radical (unpaired) electrons. The molecule has 4 nitrogen and oxygen atoms in total. The number of hydrogen-bond donors (Lipinski definition) is 1. The molecule has 2 aromatic carbocycles. The second kappa shape index (κ2) is 11.1. The Morgan fingerprint density at radius 2 is 1.67 bits per heavy atom. The van der Waals surface area contributed by atoms with E-state index in [1.807, 2.05) is 13.1 Å². The summed E-state index contributed by atoms with van der Waals surface area (Å²) in [5.41, 5.74) is 9.05. The highest BCUT2D eigenvalue weighted by Gasteiger charge is 2.33. The fourth-order valence-electron chi connectivity index (χ4n) is 5.35. The van der Waals surface area contributed by atoms with Gasteiger partial charge in [0, 0.05) is 23.1 Å². The van der Waals surface area contributed by atoms with E-state index in [4.69, 9.17) is 9.72 Å². The number of pyridine rings is 1. The summed E-state index contributed by atoms with van der Waals surface area (Å²) in [6.07, 6.45) is 5.64. The van der Waals surface area contributed by atoms with Crippen LogP contribution in [0, 0.1) is 19.8 Å². The van der Waals surface area contributed by atoms with Gasteiger partial charge < -0.3 is 9.72 Å². The predicted octanol–water partition coefficient (Wildman–Crippen LogP) is 8.08. The third-order valence-electron chi connectivity index (χ3n) is 7.22. The van der Waals surface area contributed by atoms with Gasteiger partial charge in [-0.25, -0.2) is 0 Å². The van der Waals surface area contributed by atoms with E-state index in [1.54, 1.807) is 0 Å². The number of nitrogens with zero attached hydrogens (tertiary/aromatic N) is 1. The maximum atomic E-state index is 13.3. The second-order valence-electron chi connectivity index (χ2n) is 10.1. The van der Waals surface area contributed by atoms with Crippen LogP contribution in [0.25, 0.3) is 22.2 Å². The zero-order valence-electron chi connectivity index (χ0n) is 22.4. The van der Waals surface area contributed by atoms with Gasteiger partial charge in [-0.2, -0.15) is 0 Å². The van der Waals surface area contributed by atoms with E-state index in [1.165, 1.54) is 22.3 Å². The number of aromatic amines is 1. The highest BCUT2D eigenvalue weighted by molar-refractivity contribution is 5.89. The second-order valence-corrected chi connectivity index (χ2v) is 10.1. The minimum absolute atomic E-state index is 0.118. The average molecular weight is 483 g/mol. The quantitative estimate of drug-likeness (QED) is 0.245. The molecule has 4 aromatic rings. The zero-order valence-corrected chi connectivity index (χ0v) is 22.4. The molecule has 2 unspecified atom stereocenters. The van der Waals surface area contributed by atoms with E-state index in [-0.39, 0.29) is 17.8 Å². The number of aromatic nitrogens is 2. The van der Waals surface area contributed by atoms with Crippen molar-refractivity contribution < 1.29 is 9.53 Å².